The first-order chi connectivity index (χ1) is 23.8. The van der Waals surface area contributed by atoms with Crippen molar-refractivity contribution in [3.8, 4) is 12.4 Å². The van der Waals surface area contributed by atoms with Crippen LogP contribution < -0.4 is 10.7 Å². The van der Waals surface area contributed by atoms with Crippen molar-refractivity contribution >= 4 is 44.0 Å². The summed E-state index contributed by atoms with van der Waals surface area (Å²) in [6, 6.07) is 10.9. The zero-order valence-corrected chi connectivity index (χ0v) is 27.1. The maximum absolute atomic E-state index is 13.3. The number of hydrogen-bond donors (Lipinski definition) is 0. The SMILES string of the molecule is C=C/C=C(\C=C/CC(/C=C\C)=C/c1cc2cc3/c(=N/C#N)c4cc(/C(=C/C=C(\C=C)C(F)(F)F)CC)ccc4c3cc2/c1=N/C#N)C(F)(F)F. The molecule has 50 heavy (non-hydrogen) atoms. The van der Waals surface area contributed by atoms with Crippen molar-refractivity contribution in [3.05, 3.63) is 143 Å². The van der Waals surface area contributed by atoms with Crippen molar-refractivity contribution in [2.24, 2.45) is 9.98 Å². The zero-order chi connectivity index (χ0) is 36.6. The van der Waals surface area contributed by atoms with Crippen molar-refractivity contribution < 1.29 is 26.3 Å². The van der Waals surface area contributed by atoms with Crippen LogP contribution in [0, 0.1) is 22.9 Å². The van der Waals surface area contributed by atoms with Crippen LogP contribution in [0.1, 0.15) is 37.8 Å². The van der Waals surface area contributed by atoms with Crippen LogP contribution in [-0.4, -0.2) is 12.4 Å². The average molecular weight is 681 g/mol. The Hall–Kier alpha value is -6.00. The quantitative estimate of drug-likeness (QED) is 0.0950. The highest BCUT2D eigenvalue weighted by molar-refractivity contribution is 6.16. The van der Waals surface area contributed by atoms with E-state index in [4.69, 9.17) is 0 Å². The monoisotopic (exact) mass is 680 g/mol. The minimum atomic E-state index is -4.55. The molecule has 0 bridgehead atoms. The molecule has 0 saturated carbocycles. The van der Waals surface area contributed by atoms with Crippen molar-refractivity contribution in [3.63, 3.8) is 0 Å². The molecule has 0 aliphatic heterocycles. The Morgan fingerprint density at radius 1 is 0.780 bits per heavy atom. The van der Waals surface area contributed by atoms with Gasteiger partial charge in [-0.15, -0.1) is 0 Å². The number of rotatable bonds is 10. The maximum Gasteiger partial charge on any atom is 0.416 e. The van der Waals surface area contributed by atoms with Gasteiger partial charge < -0.3 is 0 Å². The summed E-state index contributed by atoms with van der Waals surface area (Å²) in [5.74, 6) is 0. The average Bonchev–Trinajstić information content (AvgIpc) is 3.54. The molecule has 0 heterocycles. The van der Waals surface area contributed by atoms with Gasteiger partial charge in [-0.25, -0.2) is 0 Å². The number of fused-ring (bicyclic) bond motifs is 4. The summed E-state index contributed by atoms with van der Waals surface area (Å²) in [6.45, 7) is 10.2. The molecule has 0 atom stereocenters. The molecule has 4 aromatic carbocycles. The fourth-order valence-electron chi connectivity index (χ4n) is 5.70. The molecule has 4 aromatic rings. The molecule has 4 rings (SSSR count). The maximum atomic E-state index is 13.3. The van der Waals surface area contributed by atoms with Crippen LogP contribution in [-0.2, 0) is 0 Å². The highest BCUT2D eigenvalue weighted by Gasteiger charge is 2.31. The third kappa shape index (κ3) is 7.99. The van der Waals surface area contributed by atoms with E-state index < -0.39 is 23.5 Å². The normalized spacial score (nSPS) is 14.8. The lowest BCUT2D eigenvalue weighted by Crippen LogP contribution is -2.09. The summed E-state index contributed by atoms with van der Waals surface area (Å²) < 4.78 is 79.8. The Kier molecular flexibility index (Phi) is 11.4. The molecule has 0 aromatic heterocycles. The lowest BCUT2D eigenvalue weighted by molar-refractivity contribution is -0.0890. The summed E-state index contributed by atoms with van der Waals surface area (Å²) in [4.78, 5) is 8.19. The number of nitriles is 2. The van der Waals surface area contributed by atoms with Gasteiger partial charge in [-0.2, -0.15) is 46.9 Å². The van der Waals surface area contributed by atoms with Gasteiger partial charge in [0, 0.05) is 21.7 Å². The first-order valence-electron chi connectivity index (χ1n) is 15.3. The second-order valence-electron chi connectivity index (χ2n) is 11.0. The summed E-state index contributed by atoms with van der Waals surface area (Å²) in [6.07, 6.45) is 7.94. The van der Waals surface area contributed by atoms with Gasteiger partial charge in [-0.05, 0) is 89.1 Å². The Labute approximate surface area is 284 Å². The largest absolute Gasteiger partial charge is 0.416 e. The van der Waals surface area contributed by atoms with E-state index in [2.05, 4.69) is 23.1 Å². The van der Waals surface area contributed by atoms with Crippen molar-refractivity contribution in [2.75, 3.05) is 0 Å². The number of nitrogens with zero attached hydrogens (tertiary/aromatic N) is 4. The summed E-state index contributed by atoms with van der Waals surface area (Å²) in [5.41, 5.74) is 0.808. The molecule has 252 valence electrons. The van der Waals surface area contributed by atoms with Crippen molar-refractivity contribution in [1.82, 2.24) is 0 Å². The van der Waals surface area contributed by atoms with E-state index in [0.717, 1.165) is 41.2 Å². The van der Waals surface area contributed by atoms with Gasteiger partial charge in [0.25, 0.3) is 0 Å². The highest BCUT2D eigenvalue weighted by atomic mass is 19.4. The molecule has 10 heteroatoms. The molecule has 0 amide bonds. The molecule has 0 fully saturated rings. The zero-order valence-electron chi connectivity index (χ0n) is 27.1. The number of alkyl halides is 6. The van der Waals surface area contributed by atoms with Gasteiger partial charge in [0.2, 0.25) is 12.4 Å². The molecule has 0 unspecified atom stereocenters. The summed E-state index contributed by atoms with van der Waals surface area (Å²) in [7, 11) is 0. The number of benzene rings is 2. The van der Waals surface area contributed by atoms with Gasteiger partial charge in [0.05, 0.1) is 21.9 Å². The van der Waals surface area contributed by atoms with Crippen LogP contribution in [0.25, 0.3) is 44.0 Å². The first kappa shape index (κ1) is 36.8. The molecule has 0 aliphatic carbocycles. The third-order valence-corrected chi connectivity index (χ3v) is 7.93. The van der Waals surface area contributed by atoms with Gasteiger partial charge in [0.15, 0.2) is 0 Å². The Balaban J connectivity index is 1.91. The number of allylic oxidation sites excluding steroid dienone is 13. The van der Waals surface area contributed by atoms with E-state index >= 15 is 0 Å². The van der Waals surface area contributed by atoms with E-state index in [1.165, 1.54) is 12.2 Å². The topological polar surface area (TPSA) is 72.3 Å². The van der Waals surface area contributed by atoms with Crippen LogP contribution in [0.3, 0.4) is 0 Å². The van der Waals surface area contributed by atoms with Gasteiger partial charge >= 0.3 is 12.4 Å². The molecular formula is C40H30F6N4. The van der Waals surface area contributed by atoms with E-state index in [1.807, 2.05) is 37.5 Å². The van der Waals surface area contributed by atoms with Crippen LogP contribution >= 0.6 is 0 Å². The third-order valence-electron chi connectivity index (χ3n) is 7.93. The molecule has 0 spiro atoms. The lowest BCUT2D eigenvalue weighted by Gasteiger charge is -2.08. The molecular weight excluding hydrogens is 650 g/mol. The van der Waals surface area contributed by atoms with E-state index in [1.54, 1.807) is 43.4 Å². The fourth-order valence-corrected chi connectivity index (χ4v) is 5.70. The number of hydrogen-bond acceptors (Lipinski definition) is 4. The molecule has 0 N–H and O–H groups in total. The fraction of sp³-hybridized carbons (Fsp3) is 0.150. The molecule has 0 aliphatic rings. The predicted molar refractivity (Wildman–Crippen MR) is 187 cm³/mol. The van der Waals surface area contributed by atoms with Crippen LogP contribution in [0.2, 0.25) is 0 Å². The standard InChI is InChI=1S/C40H30F6N4/c1-5-10-25(12-9-13-31(11-6-2)40(44,45)46)18-29-19-28-21-36-34(22-33(28)37(29)49-23-47)32-17-15-27(20-35(32)38(36)50-24-48)26(7-3)14-16-30(8-4)39(41,42)43/h5-6,8-11,13-22H,2,4,7,12H2,1,3H3/b10-5-,13-9-,25-18+,26-14+,30-16+,31-11+,49-37+,50-38+. The predicted octanol–water partition coefficient (Wildman–Crippen LogP) is 10.8. The number of halogens is 6. The second-order valence-corrected chi connectivity index (χ2v) is 11.0. The smallest absolute Gasteiger partial charge is 0.172 e. The van der Waals surface area contributed by atoms with Gasteiger partial charge in [-0.1, -0.05) is 80.8 Å². The second kappa shape index (κ2) is 15.5. The van der Waals surface area contributed by atoms with Crippen molar-refractivity contribution in [2.45, 2.75) is 39.0 Å². The van der Waals surface area contributed by atoms with E-state index in [0.29, 0.717) is 61.0 Å². The van der Waals surface area contributed by atoms with E-state index in [9.17, 15) is 36.9 Å². The highest BCUT2D eigenvalue weighted by Crippen LogP contribution is 2.33. The van der Waals surface area contributed by atoms with E-state index in [-0.39, 0.29) is 6.42 Å². The Morgan fingerprint density at radius 2 is 1.46 bits per heavy atom. The molecule has 0 radical (unpaired) electrons. The van der Waals surface area contributed by atoms with Gasteiger partial charge in [0.1, 0.15) is 0 Å². The van der Waals surface area contributed by atoms with Gasteiger partial charge in [-0.3, -0.25) is 0 Å². The van der Waals surface area contributed by atoms with Crippen molar-refractivity contribution in [1.29, 1.82) is 10.5 Å². The van der Waals surface area contributed by atoms with Crippen LogP contribution in [0.15, 0.2) is 131 Å². The molecule has 4 nitrogen and oxygen atoms in total. The Morgan fingerprint density at radius 3 is 2.06 bits per heavy atom. The molecule has 0 saturated heterocycles. The van der Waals surface area contributed by atoms with Crippen LogP contribution in [0.4, 0.5) is 26.3 Å². The summed E-state index contributed by atoms with van der Waals surface area (Å²) >= 11 is 0. The minimum Gasteiger partial charge on any atom is -0.172 e. The first-order valence-corrected chi connectivity index (χ1v) is 15.3. The Bertz CT molecular complexity index is 2370. The minimum absolute atomic E-state index is 0.155. The lowest BCUT2D eigenvalue weighted by atomic mass is 9.99. The van der Waals surface area contributed by atoms with Crippen LogP contribution in [0.5, 0.6) is 0 Å². The summed E-state index contributed by atoms with van der Waals surface area (Å²) in [5, 5.41) is 24.0.